The Balaban J connectivity index is 1.53. The lowest BCUT2D eigenvalue weighted by Gasteiger charge is -2.36. The molecule has 0 aliphatic carbocycles. The molecule has 3 rings (SSSR count). The Kier molecular flexibility index (Phi) is 6.04. The Labute approximate surface area is 155 Å². The third kappa shape index (κ3) is 4.50. The van der Waals surface area contributed by atoms with Crippen LogP contribution in [0.4, 0.5) is 5.95 Å². The van der Waals surface area contributed by atoms with E-state index in [1.165, 1.54) is 0 Å². The van der Waals surface area contributed by atoms with Crippen LogP contribution in [0.15, 0.2) is 35.8 Å². The van der Waals surface area contributed by atoms with Crippen molar-refractivity contribution in [3.05, 3.63) is 36.7 Å². The van der Waals surface area contributed by atoms with Crippen molar-refractivity contribution in [2.45, 2.75) is 26.9 Å². The van der Waals surface area contributed by atoms with E-state index in [0.29, 0.717) is 12.5 Å². The number of hydrogen-bond donors (Lipinski definition) is 1. The lowest BCUT2D eigenvalue weighted by molar-refractivity contribution is 0.369. The van der Waals surface area contributed by atoms with Crippen molar-refractivity contribution >= 4 is 11.9 Å². The van der Waals surface area contributed by atoms with Crippen LogP contribution in [0, 0.1) is 5.92 Å². The maximum Gasteiger partial charge on any atom is 0.225 e. The molecule has 140 valence electrons. The number of nitrogens with one attached hydrogen (secondary N) is 1. The summed E-state index contributed by atoms with van der Waals surface area (Å²) >= 11 is 0. The van der Waals surface area contributed by atoms with E-state index >= 15 is 0 Å². The van der Waals surface area contributed by atoms with Crippen LogP contribution in [0.2, 0.25) is 0 Å². The summed E-state index contributed by atoms with van der Waals surface area (Å²) in [5.74, 6) is 3.34. The molecule has 0 aromatic carbocycles. The van der Waals surface area contributed by atoms with Crippen LogP contribution < -0.4 is 10.2 Å². The fourth-order valence-electron chi connectivity index (χ4n) is 3.13. The summed E-state index contributed by atoms with van der Waals surface area (Å²) in [6, 6.07) is 1.84. The zero-order chi connectivity index (χ0) is 18.4. The Morgan fingerprint density at radius 2 is 1.85 bits per heavy atom. The molecule has 1 aliphatic heterocycles. The molecule has 2 aromatic rings. The van der Waals surface area contributed by atoms with Gasteiger partial charge in [-0.3, -0.25) is 4.99 Å². The van der Waals surface area contributed by atoms with Crippen molar-refractivity contribution in [1.29, 1.82) is 0 Å². The lowest BCUT2D eigenvalue weighted by Crippen LogP contribution is -2.52. The van der Waals surface area contributed by atoms with E-state index in [-0.39, 0.29) is 0 Å². The molecule has 1 saturated heterocycles. The van der Waals surface area contributed by atoms with Gasteiger partial charge in [0, 0.05) is 64.6 Å². The molecule has 1 fully saturated rings. The zero-order valence-electron chi connectivity index (χ0n) is 15.8. The Hall–Kier alpha value is -2.64. The number of rotatable bonds is 5. The van der Waals surface area contributed by atoms with Crippen molar-refractivity contribution in [3.63, 3.8) is 0 Å². The number of aromatic nitrogens is 4. The first kappa shape index (κ1) is 18.2. The molecule has 8 nitrogen and oxygen atoms in total. The van der Waals surface area contributed by atoms with Gasteiger partial charge in [-0.1, -0.05) is 13.8 Å². The average molecular weight is 356 g/mol. The van der Waals surface area contributed by atoms with Gasteiger partial charge in [0.05, 0.1) is 6.54 Å². The molecular formula is C18H28N8. The van der Waals surface area contributed by atoms with Crippen LogP contribution in [0.25, 0.3) is 0 Å². The highest BCUT2D eigenvalue weighted by Crippen LogP contribution is 2.10. The molecule has 2 aromatic heterocycles. The summed E-state index contributed by atoms with van der Waals surface area (Å²) in [5.41, 5.74) is 0. The predicted molar refractivity (Wildman–Crippen MR) is 103 cm³/mol. The fraction of sp³-hybridized carbons (Fsp3) is 0.556. The van der Waals surface area contributed by atoms with Crippen LogP contribution in [0.1, 0.15) is 19.7 Å². The number of guanidine groups is 1. The van der Waals surface area contributed by atoms with Crippen molar-refractivity contribution in [1.82, 2.24) is 29.7 Å². The highest BCUT2D eigenvalue weighted by Gasteiger charge is 2.21. The second kappa shape index (κ2) is 8.64. The molecule has 8 heteroatoms. The maximum absolute atomic E-state index is 4.47. The summed E-state index contributed by atoms with van der Waals surface area (Å²) in [6.07, 6.45) is 7.47. The third-order valence-electron chi connectivity index (χ3n) is 4.39. The van der Waals surface area contributed by atoms with Gasteiger partial charge in [0.1, 0.15) is 5.82 Å². The Bertz CT molecular complexity index is 701. The molecule has 0 radical (unpaired) electrons. The van der Waals surface area contributed by atoms with Crippen LogP contribution in [0.3, 0.4) is 0 Å². The van der Waals surface area contributed by atoms with E-state index in [1.807, 2.05) is 25.5 Å². The highest BCUT2D eigenvalue weighted by atomic mass is 15.4. The van der Waals surface area contributed by atoms with Crippen LogP contribution >= 0.6 is 0 Å². The maximum atomic E-state index is 4.47. The van der Waals surface area contributed by atoms with Gasteiger partial charge >= 0.3 is 0 Å². The summed E-state index contributed by atoms with van der Waals surface area (Å²) in [5, 5.41) is 3.45. The summed E-state index contributed by atoms with van der Waals surface area (Å²) in [6.45, 7) is 9.62. The molecule has 0 amide bonds. The second-order valence-electron chi connectivity index (χ2n) is 6.81. The molecule has 26 heavy (non-hydrogen) atoms. The van der Waals surface area contributed by atoms with Crippen LogP contribution in [-0.2, 0) is 13.1 Å². The topological polar surface area (TPSA) is 74.5 Å². The van der Waals surface area contributed by atoms with Gasteiger partial charge in [-0.15, -0.1) is 0 Å². The van der Waals surface area contributed by atoms with Gasteiger partial charge in [-0.2, -0.15) is 0 Å². The molecule has 1 aliphatic rings. The highest BCUT2D eigenvalue weighted by molar-refractivity contribution is 5.80. The number of imidazole rings is 1. The number of anilines is 1. The normalized spacial score (nSPS) is 15.6. The molecular weight excluding hydrogens is 328 g/mol. The quantitative estimate of drug-likeness (QED) is 0.642. The molecule has 0 bridgehead atoms. The van der Waals surface area contributed by atoms with E-state index in [2.05, 4.69) is 53.5 Å². The van der Waals surface area contributed by atoms with E-state index < -0.39 is 0 Å². The summed E-state index contributed by atoms with van der Waals surface area (Å²) in [7, 11) is 1.83. The fourth-order valence-corrected chi connectivity index (χ4v) is 3.13. The number of hydrogen-bond acceptors (Lipinski definition) is 5. The van der Waals surface area contributed by atoms with Gasteiger partial charge in [0.15, 0.2) is 5.96 Å². The second-order valence-corrected chi connectivity index (χ2v) is 6.81. The molecule has 1 N–H and O–H groups in total. The van der Waals surface area contributed by atoms with E-state index in [4.69, 9.17) is 0 Å². The number of aliphatic imine (C=N–C) groups is 1. The molecule has 0 unspecified atom stereocenters. The first-order chi connectivity index (χ1) is 12.7. The molecule has 0 atom stereocenters. The largest absolute Gasteiger partial charge is 0.349 e. The van der Waals surface area contributed by atoms with Crippen LogP contribution in [-0.4, -0.2) is 63.6 Å². The minimum absolute atomic E-state index is 0.593. The molecule has 0 spiro atoms. The summed E-state index contributed by atoms with van der Waals surface area (Å²) < 4.78 is 2.20. The van der Waals surface area contributed by atoms with Crippen molar-refractivity contribution < 1.29 is 0 Å². The minimum Gasteiger partial charge on any atom is -0.349 e. The Morgan fingerprint density at radius 1 is 1.12 bits per heavy atom. The lowest BCUT2D eigenvalue weighted by atomic mass is 10.2. The predicted octanol–water partition coefficient (Wildman–Crippen LogP) is 1.23. The van der Waals surface area contributed by atoms with Gasteiger partial charge in [-0.25, -0.2) is 15.0 Å². The van der Waals surface area contributed by atoms with E-state index in [0.717, 1.165) is 50.5 Å². The average Bonchev–Trinajstić information content (AvgIpc) is 3.10. The minimum atomic E-state index is 0.593. The van der Waals surface area contributed by atoms with Crippen LogP contribution in [0.5, 0.6) is 0 Å². The van der Waals surface area contributed by atoms with Gasteiger partial charge < -0.3 is 19.7 Å². The first-order valence-corrected chi connectivity index (χ1v) is 9.15. The zero-order valence-corrected chi connectivity index (χ0v) is 15.8. The van der Waals surface area contributed by atoms with Crippen molar-refractivity contribution in [3.8, 4) is 0 Å². The van der Waals surface area contributed by atoms with Gasteiger partial charge in [0.25, 0.3) is 0 Å². The monoisotopic (exact) mass is 356 g/mol. The Morgan fingerprint density at radius 3 is 2.50 bits per heavy atom. The van der Waals surface area contributed by atoms with E-state index in [1.54, 1.807) is 12.4 Å². The van der Waals surface area contributed by atoms with Gasteiger partial charge in [-0.05, 0) is 12.0 Å². The smallest absolute Gasteiger partial charge is 0.225 e. The van der Waals surface area contributed by atoms with Crippen molar-refractivity contribution in [2.24, 2.45) is 10.9 Å². The standard InChI is InChI=1S/C18H28N8/c1-15(2)14-26-8-7-20-16(26)13-23-17(19-3)24-9-11-25(12-10-24)18-21-5-4-6-22-18/h4-8,15H,9-14H2,1-3H3,(H,19,23). The van der Waals surface area contributed by atoms with Gasteiger partial charge in [0.2, 0.25) is 5.95 Å². The first-order valence-electron chi connectivity index (χ1n) is 9.15. The number of nitrogens with zero attached hydrogens (tertiary/aromatic N) is 7. The van der Waals surface area contributed by atoms with Crippen molar-refractivity contribution in [2.75, 3.05) is 38.1 Å². The summed E-state index contributed by atoms with van der Waals surface area (Å²) in [4.78, 5) is 22.1. The number of piperazine rings is 1. The SMILES string of the molecule is CN=C(NCc1nccn1CC(C)C)N1CCN(c2ncccn2)CC1. The molecule has 0 saturated carbocycles. The van der Waals surface area contributed by atoms with E-state index in [9.17, 15) is 0 Å². The molecule has 3 heterocycles. The third-order valence-corrected chi connectivity index (χ3v) is 4.39.